The summed E-state index contributed by atoms with van der Waals surface area (Å²) in [5.74, 6) is 0.710. The molecule has 1 N–H and O–H groups in total. The number of aromatic nitrogens is 5. The second-order valence-electron chi connectivity index (χ2n) is 5.87. The predicted octanol–water partition coefficient (Wildman–Crippen LogP) is 2.36. The highest BCUT2D eigenvalue weighted by atomic mass is 16.5. The van der Waals surface area contributed by atoms with E-state index in [0.717, 1.165) is 29.8 Å². The second kappa shape index (κ2) is 5.27. The molecule has 23 heavy (non-hydrogen) atoms. The van der Waals surface area contributed by atoms with Crippen LogP contribution < -0.4 is 0 Å². The Balaban J connectivity index is 1.67. The highest BCUT2D eigenvalue weighted by Crippen LogP contribution is 2.34. The Morgan fingerprint density at radius 2 is 2.09 bits per heavy atom. The highest BCUT2D eigenvalue weighted by molar-refractivity contribution is 5.63. The molecule has 118 valence electrons. The van der Waals surface area contributed by atoms with E-state index in [2.05, 4.69) is 20.3 Å². The normalized spacial score (nSPS) is 15.8. The van der Waals surface area contributed by atoms with Gasteiger partial charge in [0.1, 0.15) is 17.6 Å². The van der Waals surface area contributed by atoms with Crippen LogP contribution in [0, 0.1) is 13.8 Å². The Bertz CT molecular complexity index is 830. The van der Waals surface area contributed by atoms with Gasteiger partial charge in [0, 0.05) is 0 Å². The molecule has 1 saturated carbocycles. The summed E-state index contributed by atoms with van der Waals surface area (Å²) in [5, 5.41) is 23.1. The quantitative estimate of drug-likeness (QED) is 0.795. The molecule has 1 fully saturated rings. The molecule has 3 heterocycles. The van der Waals surface area contributed by atoms with Crippen LogP contribution in [-0.2, 0) is 0 Å². The maximum atomic E-state index is 10.6. The van der Waals surface area contributed by atoms with E-state index in [-0.39, 0.29) is 0 Å². The van der Waals surface area contributed by atoms with Gasteiger partial charge in [-0.2, -0.15) is 15.0 Å². The molecule has 1 unspecified atom stereocenters. The minimum atomic E-state index is -0.900. The molecular weight excluding hydrogens is 294 g/mol. The standard InChI is InChI=1S/C16H17N5O2/c1-9-15(10(2)23-20-9)12-4-3-5-13(18-12)16(22)14-8-17-21(19-14)11-6-7-11/h3-5,8,11,16,22H,6-7H2,1-2H3. The minimum absolute atomic E-state index is 0.387. The largest absolute Gasteiger partial charge is 0.380 e. The van der Waals surface area contributed by atoms with Gasteiger partial charge in [0.05, 0.1) is 34.9 Å². The van der Waals surface area contributed by atoms with Crippen molar-refractivity contribution in [3.05, 3.63) is 47.2 Å². The molecule has 7 heteroatoms. The van der Waals surface area contributed by atoms with Crippen molar-refractivity contribution in [1.82, 2.24) is 25.1 Å². The average molecular weight is 311 g/mol. The molecule has 3 aromatic rings. The first-order chi connectivity index (χ1) is 11.1. The van der Waals surface area contributed by atoms with Gasteiger partial charge in [-0.25, -0.2) is 4.98 Å². The summed E-state index contributed by atoms with van der Waals surface area (Å²) in [6.07, 6.45) is 2.91. The fourth-order valence-electron chi connectivity index (χ4n) is 2.64. The fourth-order valence-corrected chi connectivity index (χ4v) is 2.64. The van der Waals surface area contributed by atoms with Crippen molar-refractivity contribution in [3.8, 4) is 11.3 Å². The van der Waals surface area contributed by atoms with Crippen LogP contribution >= 0.6 is 0 Å². The molecule has 0 aromatic carbocycles. The maximum Gasteiger partial charge on any atom is 0.143 e. The van der Waals surface area contributed by atoms with Gasteiger partial charge in [0.15, 0.2) is 0 Å². The van der Waals surface area contributed by atoms with Gasteiger partial charge in [-0.05, 0) is 38.8 Å². The van der Waals surface area contributed by atoms with Crippen molar-refractivity contribution in [2.75, 3.05) is 0 Å². The van der Waals surface area contributed by atoms with E-state index in [9.17, 15) is 5.11 Å². The molecular formula is C16H17N5O2. The third-order valence-electron chi connectivity index (χ3n) is 4.02. The number of rotatable bonds is 4. The van der Waals surface area contributed by atoms with Crippen molar-refractivity contribution >= 4 is 0 Å². The van der Waals surface area contributed by atoms with E-state index < -0.39 is 6.10 Å². The third kappa shape index (κ3) is 2.53. The summed E-state index contributed by atoms with van der Waals surface area (Å²) < 4.78 is 5.19. The summed E-state index contributed by atoms with van der Waals surface area (Å²) in [7, 11) is 0. The average Bonchev–Trinajstić information content (AvgIpc) is 3.20. The molecule has 1 aliphatic rings. The van der Waals surface area contributed by atoms with E-state index >= 15 is 0 Å². The lowest BCUT2D eigenvalue weighted by Crippen LogP contribution is -2.06. The number of hydrogen-bond donors (Lipinski definition) is 1. The number of nitrogens with zero attached hydrogens (tertiary/aromatic N) is 5. The van der Waals surface area contributed by atoms with E-state index in [1.807, 2.05) is 26.0 Å². The number of hydrogen-bond acceptors (Lipinski definition) is 6. The Morgan fingerprint density at radius 3 is 2.78 bits per heavy atom. The SMILES string of the molecule is Cc1noc(C)c1-c1cccc(C(O)c2cnn(C3CC3)n2)n1. The Hall–Kier alpha value is -2.54. The van der Waals surface area contributed by atoms with E-state index in [0.29, 0.717) is 23.2 Å². The lowest BCUT2D eigenvalue weighted by atomic mass is 10.1. The molecule has 7 nitrogen and oxygen atoms in total. The summed E-state index contributed by atoms with van der Waals surface area (Å²) in [6.45, 7) is 3.72. The van der Waals surface area contributed by atoms with Crippen molar-refractivity contribution in [2.24, 2.45) is 0 Å². The lowest BCUT2D eigenvalue weighted by molar-refractivity contribution is 0.209. The van der Waals surface area contributed by atoms with Crippen LogP contribution in [0.5, 0.6) is 0 Å². The number of aliphatic hydroxyl groups is 1. The smallest absolute Gasteiger partial charge is 0.143 e. The number of pyridine rings is 1. The van der Waals surface area contributed by atoms with Gasteiger partial charge in [0.25, 0.3) is 0 Å². The van der Waals surface area contributed by atoms with Gasteiger partial charge in [-0.3, -0.25) is 0 Å². The predicted molar refractivity (Wildman–Crippen MR) is 81.6 cm³/mol. The van der Waals surface area contributed by atoms with E-state index in [1.54, 1.807) is 17.1 Å². The van der Waals surface area contributed by atoms with Crippen LogP contribution in [0.4, 0.5) is 0 Å². The molecule has 1 atom stereocenters. The molecule has 4 rings (SSSR count). The summed E-state index contributed by atoms with van der Waals surface area (Å²) in [5.41, 5.74) is 3.42. The molecule has 0 saturated heterocycles. The van der Waals surface area contributed by atoms with Gasteiger partial charge in [-0.1, -0.05) is 11.2 Å². The first-order valence-corrected chi connectivity index (χ1v) is 7.63. The van der Waals surface area contributed by atoms with Crippen LogP contribution in [0.2, 0.25) is 0 Å². The highest BCUT2D eigenvalue weighted by Gasteiger charge is 2.27. The molecule has 0 amide bonds. The zero-order valence-electron chi connectivity index (χ0n) is 13.0. The molecule has 0 spiro atoms. The van der Waals surface area contributed by atoms with Crippen LogP contribution in [0.1, 0.15) is 47.8 Å². The van der Waals surface area contributed by atoms with Crippen LogP contribution in [0.3, 0.4) is 0 Å². The summed E-state index contributed by atoms with van der Waals surface area (Å²) in [4.78, 5) is 6.23. The van der Waals surface area contributed by atoms with Gasteiger partial charge in [0.2, 0.25) is 0 Å². The Morgan fingerprint density at radius 1 is 1.26 bits per heavy atom. The van der Waals surface area contributed by atoms with Gasteiger partial charge >= 0.3 is 0 Å². The first-order valence-electron chi connectivity index (χ1n) is 7.63. The van der Waals surface area contributed by atoms with Crippen molar-refractivity contribution in [1.29, 1.82) is 0 Å². The Labute approximate surface area is 133 Å². The van der Waals surface area contributed by atoms with E-state index in [1.165, 1.54) is 0 Å². The van der Waals surface area contributed by atoms with Crippen LogP contribution in [0.15, 0.2) is 28.9 Å². The molecule has 0 aliphatic heterocycles. The topological polar surface area (TPSA) is 89.9 Å². The zero-order valence-corrected chi connectivity index (χ0v) is 13.0. The van der Waals surface area contributed by atoms with Crippen LogP contribution in [-0.4, -0.2) is 30.2 Å². The van der Waals surface area contributed by atoms with Gasteiger partial charge in [-0.15, -0.1) is 0 Å². The zero-order chi connectivity index (χ0) is 16.0. The minimum Gasteiger partial charge on any atom is -0.380 e. The van der Waals surface area contributed by atoms with Crippen molar-refractivity contribution in [3.63, 3.8) is 0 Å². The summed E-state index contributed by atoms with van der Waals surface area (Å²) >= 11 is 0. The molecule has 0 bridgehead atoms. The fraction of sp³-hybridized carbons (Fsp3) is 0.375. The first kappa shape index (κ1) is 14.1. The van der Waals surface area contributed by atoms with Crippen LogP contribution in [0.25, 0.3) is 11.3 Å². The maximum absolute atomic E-state index is 10.6. The number of aliphatic hydroxyl groups excluding tert-OH is 1. The van der Waals surface area contributed by atoms with Crippen molar-refractivity contribution in [2.45, 2.75) is 38.8 Å². The van der Waals surface area contributed by atoms with Crippen molar-refractivity contribution < 1.29 is 9.63 Å². The third-order valence-corrected chi connectivity index (χ3v) is 4.02. The van der Waals surface area contributed by atoms with E-state index in [4.69, 9.17) is 4.52 Å². The number of aryl methyl sites for hydroxylation is 2. The molecule has 3 aromatic heterocycles. The second-order valence-corrected chi connectivity index (χ2v) is 5.87. The van der Waals surface area contributed by atoms with Gasteiger partial charge < -0.3 is 9.63 Å². The lowest BCUT2D eigenvalue weighted by Gasteiger charge is -2.08. The Kier molecular flexibility index (Phi) is 3.23. The molecule has 1 aliphatic carbocycles. The summed E-state index contributed by atoms with van der Waals surface area (Å²) in [6, 6.07) is 5.90. The monoisotopic (exact) mass is 311 g/mol. The molecule has 0 radical (unpaired) electrons.